The van der Waals surface area contributed by atoms with Crippen molar-refractivity contribution in [2.45, 2.75) is 25.8 Å². The number of nitrogens with zero attached hydrogens (tertiary/aromatic N) is 4. The second-order valence-corrected chi connectivity index (χ2v) is 7.26. The van der Waals surface area contributed by atoms with Gasteiger partial charge in [-0.15, -0.1) is 0 Å². The summed E-state index contributed by atoms with van der Waals surface area (Å²) in [6.45, 7) is 1.98. The predicted molar refractivity (Wildman–Crippen MR) is 107 cm³/mol. The molecule has 2 heterocycles. The lowest BCUT2D eigenvalue weighted by molar-refractivity contribution is 0.0951. The van der Waals surface area contributed by atoms with Gasteiger partial charge in [0, 0.05) is 17.2 Å². The molecule has 144 valence electrons. The molecule has 2 aromatic carbocycles. The molecule has 29 heavy (non-hydrogen) atoms. The number of rotatable bonds is 4. The lowest BCUT2D eigenvalue weighted by Crippen LogP contribution is -2.25. The van der Waals surface area contributed by atoms with Crippen LogP contribution in [0, 0.1) is 12.7 Å². The third-order valence-corrected chi connectivity index (χ3v) is 5.09. The fourth-order valence-corrected chi connectivity index (χ4v) is 3.34. The maximum absolute atomic E-state index is 13.3. The Labute approximate surface area is 166 Å². The van der Waals surface area contributed by atoms with E-state index in [1.807, 2.05) is 29.7 Å². The van der Waals surface area contributed by atoms with Crippen molar-refractivity contribution in [1.29, 1.82) is 0 Å². The SMILES string of the molecule is Cc1ccc(C(=O)NC2CC2)cc1-n1cnc2c(-c3ccc(F)cc3)ncnc21. The zero-order chi connectivity index (χ0) is 20.0. The minimum absolute atomic E-state index is 0.0696. The molecule has 1 aliphatic carbocycles. The normalized spacial score (nSPS) is 13.6. The average Bonchev–Trinajstić information content (AvgIpc) is 3.44. The fourth-order valence-electron chi connectivity index (χ4n) is 3.34. The van der Waals surface area contributed by atoms with Gasteiger partial charge in [0.25, 0.3) is 5.91 Å². The Morgan fingerprint density at radius 1 is 1.10 bits per heavy atom. The molecule has 0 aliphatic heterocycles. The van der Waals surface area contributed by atoms with Crippen LogP contribution >= 0.6 is 0 Å². The van der Waals surface area contributed by atoms with Crippen molar-refractivity contribution < 1.29 is 9.18 Å². The van der Waals surface area contributed by atoms with E-state index < -0.39 is 0 Å². The number of nitrogens with one attached hydrogen (secondary N) is 1. The zero-order valence-corrected chi connectivity index (χ0v) is 15.8. The van der Waals surface area contributed by atoms with Crippen LogP contribution in [-0.4, -0.2) is 31.5 Å². The quantitative estimate of drug-likeness (QED) is 0.578. The Morgan fingerprint density at radius 3 is 2.66 bits per heavy atom. The number of aromatic nitrogens is 4. The van der Waals surface area contributed by atoms with Crippen molar-refractivity contribution in [3.05, 3.63) is 72.1 Å². The third-order valence-electron chi connectivity index (χ3n) is 5.09. The van der Waals surface area contributed by atoms with Gasteiger partial charge >= 0.3 is 0 Å². The second-order valence-electron chi connectivity index (χ2n) is 7.26. The molecule has 1 fully saturated rings. The molecule has 1 N–H and O–H groups in total. The van der Waals surface area contributed by atoms with Crippen LogP contribution in [0.1, 0.15) is 28.8 Å². The van der Waals surface area contributed by atoms with Crippen LogP contribution in [0.2, 0.25) is 0 Å². The van der Waals surface area contributed by atoms with Crippen molar-refractivity contribution in [3.8, 4) is 16.9 Å². The summed E-state index contributed by atoms with van der Waals surface area (Å²) >= 11 is 0. The minimum atomic E-state index is -0.304. The first-order chi connectivity index (χ1) is 14.1. The monoisotopic (exact) mass is 387 g/mol. The lowest BCUT2D eigenvalue weighted by atomic mass is 10.1. The average molecular weight is 387 g/mol. The standard InChI is InChI=1S/C22H18FN5O/c1-13-2-3-15(22(29)27-17-8-9-17)10-18(13)28-12-26-20-19(24-11-25-21(20)28)14-4-6-16(23)7-5-14/h2-7,10-12,17H,8-9H2,1H3,(H,27,29). The van der Waals surface area contributed by atoms with Gasteiger partial charge in [-0.1, -0.05) is 6.07 Å². The van der Waals surface area contributed by atoms with E-state index in [0.29, 0.717) is 28.5 Å². The van der Waals surface area contributed by atoms with Gasteiger partial charge < -0.3 is 5.32 Å². The summed E-state index contributed by atoms with van der Waals surface area (Å²) in [6, 6.07) is 12.0. The van der Waals surface area contributed by atoms with Crippen LogP contribution in [0.5, 0.6) is 0 Å². The topological polar surface area (TPSA) is 72.7 Å². The number of hydrogen-bond acceptors (Lipinski definition) is 4. The molecule has 5 rings (SSSR count). The largest absolute Gasteiger partial charge is 0.349 e. The number of benzene rings is 2. The summed E-state index contributed by atoms with van der Waals surface area (Å²) in [5.41, 5.74) is 5.07. The first-order valence-corrected chi connectivity index (χ1v) is 9.46. The molecule has 7 heteroatoms. The van der Waals surface area contributed by atoms with Crippen LogP contribution in [0.4, 0.5) is 4.39 Å². The molecule has 0 radical (unpaired) electrons. The highest BCUT2D eigenvalue weighted by atomic mass is 19.1. The van der Waals surface area contributed by atoms with Crippen molar-refractivity contribution >= 4 is 17.1 Å². The highest BCUT2D eigenvalue weighted by Gasteiger charge is 2.24. The lowest BCUT2D eigenvalue weighted by Gasteiger charge is -2.11. The first kappa shape index (κ1) is 17.5. The van der Waals surface area contributed by atoms with E-state index in [0.717, 1.165) is 29.7 Å². The Kier molecular flexibility index (Phi) is 4.08. The van der Waals surface area contributed by atoms with Gasteiger partial charge in [-0.05, 0) is 61.7 Å². The second kappa shape index (κ2) is 6.77. The molecule has 2 aromatic heterocycles. The Hall–Kier alpha value is -3.61. The van der Waals surface area contributed by atoms with Crippen molar-refractivity contribution in [3.63, 3.8) is 0 Å². The van der Waals surface area contributed by atoms with Gasteiger partial charge in [0.2, 0.25) is 0 Å². The highest BCUT2D eigenvalue weighted by molar-refractivity contribution is 5.95. The molecule has 1 saturated carbocycles. The van der Waals surface area contributed by atoms with E-state index in [-0.39, 0.29) is 11.7 Å². The Bertz CT molecular complexity index is 1230. The third kappa shape index (κ3) is 3.24. The van der Waals surface area contributed by atoms with E-state index in [9.17, 15) is 9.18 Å². The molecule has 6 nitrogen and oxygen atoms in total. The Balaban J connectivity index is 1.60. The summed E-state index contributed by atoms with van der Waals surface area (Å²) in [5, 5.41) is 3.01. The van der Waals surface area contributed by atoms with Crippen molar-refractivity contribution in [1.82, 2.24) is 24.8 Å². The molecule has 1 aliphatic rings. The molecule has 4 aromatic rings. The Morgan fingerprint density at radius 2 is 1.90 bits per heavy atom. The smallest absolute Gasteiger partial charge is 0.251 e. The zero-order valence-electron chi connectivity index (χ0n) is 15.8. The summed E-state index contributed by atoms with van der Waals surface area (Å²) in [4.78, 5) is 25.7. The fraction of sp³-hybridized carbons (Fsp3) is 0.182. The van der Waals surface area contributed by atoms with Crippen LogP contribution in [-0.2, 0) is 0 Å². The highest BCUT2D eigenvalue weighted by Crippen LogP contribution is 2.27. The number of imidazole rings is 1. The van der Waals surface area contributed by atoms with E-state index >= 15 is 0 Å². The van der Waals surface area contributed by atoms with E-state index in [1.165, 1.54) is 18.5 Å². The van der Waals surface area contributed by atoms with Gasteiger partial charge in [-0.2, -0.15) is 0 Å². The summed E-state index contributed by atoms with van der Waals surface area (Å²) < 4.78 is 15.1. The molecule has 1 amide bonds. The van der Waals surface area contributed by atoms with Crippen LogP contribution in [0.25, 0.3) is 28.1 Å². The number of carbonyl (C=O) groups excluding carboxylic acids is 1. The number of halogens is 1. The number of aryl methyl sites for hydroxylation is 1. The van der Waals surface area contributed by atoms with Crippen LogP contribution < -0.4 is 5.32 Å². The number of fused-ring (bicyclic) bond motifs is 1. The maximum Gasteiger partial charge on any atom is 0.251 e. The van der Waals surface area contributed by atoms with Gasteiger partial charge in [0.15, 0.2) is 5.65 Å². The summed E-state index contributed by atoms with van der Waals surface area (Å²) in [6.07, 6.45) is 5.23. The van der Waals surface area contributed by atoms with E-state index in [2.05, 4.69) is 20.3 Å². The molecule has 0 unspecified atom stereocenters. The molecular weight excluding hydrogens is 369 g/mol. The molecular formula is C22H18FN5O. The number of amides is 1. The first-order valence-electron chi connectivity index (χ1n) is 9.46. The predicted octanol–water partition coefficient (Wildman–Crippen LogP) is 3.82. The molecule has 0 saturated heterocycles. The number of hydrogen-bond donors (Lipinski definition) is 1. The van der Waals surface area contributed by atoms with Gasteiger partial charge in [0.1, 0.15) is 29.7 Å². The minimum Gasteiger partial charge on any atom is -0.349 e. The van der Waals surface area contributed by atoms with Crippen LogP contribution in [0.15, 0.2) is 55.1 Å². The number of carbonyl (C=O) groups is 1. The van der Waals surface area contributed by atoms with Gasteiger partial charge in [-0.3, -0.25) is 9.36 Å². The summed E-state index contributed by atoms with van der Waals surface area (Å²) in [5.74, 6) is -0.374. The molecule has 0 spiro atoms. The molecule has 0 atom stereocenters. The molecule has 0 bridgehead atoms. The van der Waals surface area contributed by atoms with Gasteiger partial charge in [-0.25, -0.2) is 19.3 Å². The van der Waals surface area contributed by atoms with Crippen molar-refractivity contribution in [2.75, 3.05) is 0 Å². The van der Waals surface area contributed by atoms with Crippen LogP contribution in [0.3, 0.4) is 0 Å². The maximum atomic E-state index is 13.3. The van der Waals surface area contributed by atoms with Crippen molar-refractivity contribution in [2.24, 2.45) is 0 Å². The van der Waals surface area contributed by atoms with E-state index in [1.54, 1.807) is 18.5 Å². The van der Waals surface area contributed by atoms with E-state index in [4.69, 9.17) is 0 Å². The summed E-state index contributed by atoms with van der Waals surface area (Å²) in [7, 11) is 0. The van der Waals surface area contributed by atoms with Gasteiger partial charge in [0.05, 0.1) is 5.69 Å².